The van der Waals surface area contributed by atoms with Gasteiger partial charge in [0.15, 0.2) is 0 Å². The maximum absolute atomic E-state index is 11.5. The van der Waals surface area contributed by atoms with Gasteiger partial charge in [0.1, 0.15) is 0 Å². The van der Waals surface area contributed by atoms with E-state index in [9.17, 15) is 4.79 Å². The quantitative estimate of drug-likeness (QED) is 0.357. The lowest BCUT2D eigenvalue weighted by Crippen LogP contribution is -2.24. The topological polar surface area (TPSA) is 53.2 Å². The first kappa shape index (κ1) is 17.2. The van der Waals surface area contributed by atoms with Gasteiger partial charge in [0.2, 0.25) is 5.91 Å². The molecule has 1 aliphatic carbocycles. The molecular weight excluding hydrogens is 250 g/mol. The lowest BCUT2D eigenvalue weighted by atomic mass is 10.2. The van der Waals surface area contributed by atoms with Crippen LogP contribution in [0.1, 0.15) is 45.4 Å². The van der Waals surface area contributed by atoms with Crippen LogP contribution in [0.5, 0.6) is 0 Å². The molecule has 0 aromatic heterocycles. The second kappa shape index (κ2) is 11.9. The van der Waals surface area contributed by atoms with E-state index in [0.29, 0.717) is 0 Å². The Bertz CT molecular complexity index is 275. The predicted octanol–water partition coefficient (Wildman–Crippen LogP) is 1.83. The molecule has 0 atom stereocenters. The fraction of sp³-hybridized carbons (Fsp3) is 0.812. The summed E-state index contributed by atoms with van der Waals surface area (Å²) < 4.78 is 0. The predicted molar refractivity (Wildman–Crippen MR) is 84.8 cm³/mol. The van der Waals surface area contributed by atoms with Crippen molar-refractivity contribution in [2.75, 3.05) is 32.7 Å². The first-order valence-corrected chi connectivity index (χ1v) is 8.18. The van der Waals surface area contributed by atoms with Gasteiger partial charge in [0.05, 0.1) is 0 Å². The third kappa shape index (κ3) is 11.0. The van der Waals surface area contributed by atoms with Crippen molar-refractivity contribution in [1.82, 2.24) is 16.0 Å². The Morgan fingerprint density at radius 2 is 1.85 bits per heavy atom. The molecule has 1 aliphatic rings. The molecule has 20 heavy (non-hydrogen) atoms. The molecule has 0 unspecified atom stereocenters. The number of rotatable bonds is 13. The van der Waals surface area contributed by atoms with Crippen LogP contribution in [0.4, 0.5) is 0 Å². The summed E-state index contributed by atoms with van der Waals surface area (Å²) in [6.45, 7) is 7.18. The molecule has 1 amide bonds. The number of allylic oxidation sites excluding steroid dienone is 1. The van der Waals surface area contributed by atoms with E-state index in [1.165, 1.54) is 19.4 Å². The lowest BCUT2D eigenvalue weighted by molar-refractivity contribution is -0.116. The van der Waals surface area contributed by atoms with E-state index in [4.69, 9.17) is 0 Å². The first-order valence-electron chi connectivity index (χ1n) is 8.18. The summed E-state index contributed by atoms with van der Waals surface area (Å²) >= 11 is 0. The van der Waals surface area contributed by atoms with E-state index < -0.39 is 0 Å². The summed E-state index contributed by atoms with van der Waals surface area (Å²) in [7, 11) is 0. The highest BCUT2D eigenvalue weighted by Crippen LogP contribution is 2.27. The van der Waals surface area contributed by atoms with Crippen molar-refractivity contribution in [3.63, 3.8) is 0 Å². The lowest BCUT2D eigenvalue weighted by Gasteiger charge is -2.04. The average Bonchev–Trinajstić information content (AvgIpc) is 3.26. The van der Waals surface area contributed by atoms with E-state index in [0.717, 1.165) is 57.8 Å². The Balaban J connectivity index is 1.80. The van der Waals surface area contributed by atoms with Gasteiger partial charge >= 0.3 is 0 Å². The van der Waals surface area contributed by atoms with Gasteiger partial charge in [-0.3, -0.25) is 4.79 Å². The highest BCUT2D eigenvalue weighted by Gasteiger charge is 2.19. The van der Waals surface area contributed by atoms with E-state index >= 15 is 0 Å². The Hall–Kier alpha value is -0.870. The molecule has 4 heteroatoms. The number of carbonyl (C=O) groups excluding carboxylic acids is 1. The average molecular weight is 281 g/mol. The Morgan fingerprint density at radius 1 is 1.10 bits per heavy atom. The largest absolute Gasteiger partial charge is 0.353 e. The summed E-state index contributed by atoms with van der Waals surface area (Å²) in [6, 6.07) is 0. The fourth-order valence-electron chi connectivity index (χ4n) is 1.99. The molecule has 1 rings (SSSR count). The zero-order valence-electron chi connectivity index (χ0n) is 12.9. The zero-order chi connectivity index (χ0) is 14.5. The number of amides is 1. The fourth-order valence-corrected chi connectivity index (χ4v) is 1.99. The van der Waals surface area contributed by atoms with Crippen molar-refractivity contribution in [3.05, 3.63) is 12.2 Å². The van der Waals surface area contributed by atoms with Gasteiger partial charge in [0.25, 0.3) is 0 Å². The van der Waals surface area contributed by atoms with Crippen LogP contribution >= 0.6 is 0 Å². The summed E-state index contributed by atoms with van der Waals surface area (Å²) in [5.74, 6) is 0.992. The van der Waals surface area contributed by atoms with Crippen LogP contribution in [-0.4, -0.2) is 38.6 Å². The summed E-state index contributed by atoms with van der Waals surface area (Å²) in [5.41, 5.74) is 0. The summed E-state index contributed by atoms with van der Waals surface area (Å²) in [5, 5.41) is 9.65. The van der Waals surface area contributed by atoms with E-state index in [-0.39, 0.29) is 5.91 Å². The van der Waals surface area contributed by atoms with Crippen molar-refractivity contribution in [3.8, 4) is 0 Å². The van der Waals surface area contributed by atoms with Gasteiger partial charge in [-0.15, -0.1) is 0 Å². The molecule has 0 bridgehead atoms. The minimum absolute atomic E-state index is 0.0411. The number of hydrogen-bond acceptors (Lipinski definition) is 3. The summed E-state index contributed by atoms with van der Waals surface area (Å²) in [4.78, 5) is 11.5. The molecule has 0 saturated heterocycles. The standard InChI is InChI=1S/C16H31N3O/c1-2-17-11-5-3-4-8-16(20)19-13-7-6-12-18-14-15-9-10-15/h4,8,15,17-18H,2-3,5-7,9-14H2,1H3,(H,19,20)/b8-4+. The smallest absolute Gasteiger partial charge is 0.243 e. The van der Waals surface area contributed by atoms with Crippen LogP contribution < -0.4 is 16.0 Å². The van der Waals surface area contributed by atoms with E-state index in [2.05, 4.69) is 22.9 Å². The third-order valence-electron chi connectivity index (χ3n) is 3.45. The normalized spacial score (nSPS) is 14.8. The molecule has 4 nitrogen and oxygen atoms in total. The second-order valence-corrected chi connectivity index (χ2v) is 5.54. The molecular formula is C16H31N3O. The molecule has 0 radical (unpaired) electrons. The highest BCUT2D eigenvalue weighted by atomic mass is 16.1. The SMILES string of the molecule is CCNCCC/C=C/C(=O)NCCCCNCC1CC1. The Labute approximate surface area is 123 Å². The van der Waals surface area contributed by atoms with E-state index in [1.807, 2.05) is 6.08 Å². The van der Waals surface area contributed by atoms with Crippen molar-refractivity contribution in [2.45, 2.75) is 45.4 Å². The van der Waals surface area contributed by atoms with Crippen LogP contribution in [0.2, 0.25) is 0 Å². The Morgan fingerprint density at radius 3 is 2.60 bits per heavy atom. The van der Waals surface area contributed by atoms with Gasteiger partial charge in [-0.2, -0.15) is 0 Å². The highest BCUT2D eigenvalue weighted by molar-refractivity contribution is 5.87. The molecule has 1 saturated carbocycles. The van der Waals surface area contributed by atoms with Crippen molar-refractivity contribution in [2.24, 2.45) is 5.92 Å². The van der Waals surface area contributed by atoms with Gasteiger partial charge in [-0.1, -0.05) is 13.0 Å². The number of unbranched alkanes of at least 4 members (excludes halogenated alkanes) is 2. The molecule has 0 heterocycles. The van der Waals surface area contributed by atoms with Gasteiger partial charge in [0, 0.05) is 6.54 Å². The second-order valence-electron chi connectivity index (χ2n) is 5.54. The van der Waals surface area contributed by atoms with Crippen LogP contribution in [0, 0.1) is 5.92 Å². The van der Waals surface area contributed by atoms with E-state index in [1.54, 1.807) is 6.08 Å². The van der Waals surface area contributed by atoms with Crippen LogP contribution in [0.25, 0.3) is 0 Å². The van der Waals surface area contributed by atoms with Crippen LogP contribution in [-0.2, 0) is 4.79 Å². The Kier molecular flexibility index (Phi) is 10.2. The van der Waals surface area contributed by atoms with Crippen LogP contribution in [0.15, 0.2) is 12.2 Å². The third-order valence-corrected chi connectivity index (χ3v) is 3.45. The zero-order valence-corrected chi connectivity index (χ0v) is 12.9. The molecule has 0 spiro atoms. The molecule has 1 fully saturated rings. The molecule has 116 valence electrons. The molecule has 0 aromatic rings. The number of carbonyl (C=O) groups is 1. The maximum atomic E-state index is 11.5. The number of nitrogens with one attached hydrogen (secondary N) is 3. The molecule has 0 aromatic carbocycles. The van der Waals surface area contributed by atoms with Crippen LogP contribution in [0.3, 0.4) is 0 Å². The minimum Gasteiger partial charge on any atom is -0.353 e. The summed E-state index contributed by atoms with van der Waals surface area (Å²) in [6.07, 6.45) is 10.7. The molecule has 0 aliphatic heterocycles. The van der Waals surface area contributed by atoms with Gasteiger partial charge in [-0.05, 0) is 76.7 Å². The van der Waals surface area contributed by atoms with Crippen molar-refractivity contribution in [1.29, 1.82) is 0 Å². The monoisotopic (exact) mass is 281 g/mol. The van der Waals surface area contributed by atoms with Gasteiger partial charge < -0.3 is 16.0 Å². The minimum atomic E-state index is 0.0411. The van der Waals surface area contributed by atoms with Crippen molar-refractivity contribution >= 4 is 5.91 Å². The van der Waals surface area contributed by atoms with Gasteiger partial charge in [-0.25, -0.2) is 0 Å². The van der Waals surface area contributed by atoms with Crippen molar-refractivity contribution < 1.29 is 4.79 Å². The maximum Gasteiger partial charge on any atom is 0.243 e. The molecule has 3 N–H and O–H groups in total. The first-order chi connectivity index (χ1) is 9.83. The number of hydrogen-bond donors (Lipinski definition) is 3.